The van der Waals surface area contributed by atoms with Crippen molar-refractivity contribution in [1.82, 2.24) is 4.90 Å². The maximum atomic E-state index is 12.7. The average molecular weight is 353 g/mol. The van der Waals surface area contributed by atoms with E-state index in [2.05, 4.69) is 4.74 Å². The summed E-state index contributed by atoms with van der Waals surface area (Å²) in [6.07, 6.45) is -2.71. The molecular formula is C15H15NO9. The Bertz CT molecular complexity index is 715. The molecule has 10 heteroatoms. The lowest BCUT2D eigenvalue weighted by Crippen LogP contribution is -2.39. The molecule has 10 nitrogen and oxygen atoms in total. The quantitative estimate of drug-likeness (QED) is 0.622. The van der Waals surface area contributed by atoms with Crippen LogP contribution >= 0.6 is 0 Å². The fourth-order valence-corrected chi connectivity index (χ4v) is 2.15. The fraction of sp³-hybridized carbons (Fsp3) is 0.333. The van der Waals surface area contributed by atoms with Gasteiger partial charge in [-0.2, -0.15) is 0 Å². The van der Waals surface area contributed by atoms with Crippen molar-refractivity contribution in [1.29, 1.82) is 0 Å². The van der Waals surface area contributed by atoms with Gasteiger partial charge in [-0.05, 0) is 12.1 Å². The van der Waals surface area contributed by atoms with Gasteiger partial charge in [0, 0.05) is 13.8 Å². The molecule has 2 rings (SSSR count). The van der Waals surface area contributed by atoms with Crippen LogP contribution in [0.3, 0.4) is 0 Å². The molecule has 0 radical (unpaired) electrons. The molecule has 1 fully saturated rings. The van der Waals surface area contributed by atoms with Crippen molar-refractivity contribution in [2.24, 2.45) is 0 Å². The molecule has 0 aliphatic carbocycles. The topological polar surface area (TPSA) is 129 Å². The summed E-state index contributed by atoms with van der Waals surface area (Å²) in [7, 11) is 0. The molecule has 0 bridgehead atoms. The smallest absolute Gasteiger partial charge is 0.450 e. The number of rotatable bonds is 4. The standard InChI is InChI=1S/C15H15NO9/c1-8(17)23-11-5-3-4-10(13(11)24-9(2)18)14(19)16-7-22-6-12(16)25-15(20)21/h3-5,12H,6-7H2,1-2H3,(H,20,21)/t12-/m0/s1. The Morgan fingerprint density at radius 3 is 2.44 bits per heavy atom. The van der Waals surface area contributed by atoms with Crippen molar-refractivity contribution in [3.63, 3.8) is 0 Å². The zero-order valence-corrected chi connectivity index (χ0v) is 13.4. The first-order valence-electron chi connectivity index (χ1n) is 7.07. The minimum atomic E-state index is -1.57. The SMILES string of the molecule is CC(=O)Oc1cccc(C(=O)N2COC[C@@H]2OC(=O)O)c1OC(C)=O. The number of esters is 2. The van der Waals surface area contributed by atoms with E-state index in [1.807, 2.05) is 0 Å². The third-order valence-electron chi connectivity index (χ3n) is 3.04. The Morgan fingerprint density at radius 1 is 1.16 bits per heavy atom. The summed E-state index contributed by atoms with van der Waals surface area (Å²) in [5, 5.41) is 8.72. The molecule has 1 saturated heterocycles. The minimum absolute atomic E-state index is 0.113. The molecule has 1 aromatic rings. The molecule has 134 valence electrons. The normalized spacial score (nSPS) is 16.2. The maximum absolute atomic E-state index is 12.7. The molecule has 0 spiro atoms. The summed E-state index contributed by atoms with van der Waals surface area (Å²) in [5.74, 6) is -2.49. The summed E-state index contributed by atoms with van der Waals surface area (Å²) in [6.45, 7) is 1.92. The number of carbonyl (C=O) groups is 4. The van der Waals surface area contributed by atoms with Gasteiger partial charge in [0.25, 0.3) is 5.91 Å². The summed E-state index contributed by atoms with van der Waals surface area (Å²) < 4.78 is 19.6. The third-order valence-corrected chi connectivity index (χ3v) is 3.04. The highest BCUT2D eigenvalue weighted by Gasteiger charge is 2.35. The van der Waals surface area contributed by atoms with Gasteiger partial charge >= 0.3 is 18.1 Å². The molecule has 1 atom stereocenters. The van der Waals surface area contributed by atoms with Crippen molar-refractivity contribution in [3.05, 3.63) is 23.8 Å². The summed E-state index contributed by atoms with van der Waals surface area (Å²) >= 11 is 0. The third kappa shape index (κ3) is 4.44. The summed E-state index contributed by atoms with van der Waals surface area (Å²) in [4.78, 5) is 47.0. The molecule has 1 N–H and O–H groups in total. The molecule has 1 amide bonds. The minimum Gasteiger partial charge on any atom is -0.450 e. The van der Waals surface area contributed by atoms with Crippen molar-refractivity contribution in [2.75, 3.05) is 13.3 Å². The number of para-hydroxylation sites is 1. The van der Waals surface area contributed by atoms with E-state index in [1.165, 1.54) is 18.2 Å². The highest BCUT2D eigenvalue weighted by molar-refractivity contribution is 5.99. The van der Waals surface area contributed by atoms with Crippen LogP contribution in [-0.4, -0.2) is 53.6 Å². The van der Waals surface area contributed by atoms with Crippen molar-refractivity contribution < 1.29 is 43.2 Å². The molecule has 25 heavy (non-hydrogen) atoms. The molecule has 1 aromatic carbocycles. The number of amides is 1. The van der Waals surface area contributed by atoms with Gasteiger partial charge in [-0.3, -0.25) is 19.3 Å². The van der Waals surface area contributed by atoms with Crippen LogP contribution in [0.5, 0.6) is 11.5 Å². The number of carbonyl (C=O) groups excluding carboxylic acids is 3. The number of benzene rings is 1. The van der Waals surface area contributed by atoms with Crippen molar-refractivity contribution in [3.8, 4) is 11.5 Å². The van der Waals surface area contributed by atoms with Gasteiger partial charge in [0.2, 0.25) is 6.23 Å². The first-order chi connectivity index (χ1) is 11.8. The van der Waals surface area contributed by atoms with Crippen LogP contribution < -0.4 is 9.47 Å². The number of hydrogen-bond donors (Lipinski definition) is 1. The van der Waals surface area contributed by atoms with E-state index < -0.39 is 30.2 Å². The van der Waals surface area contributed by atoms with Crippen LogP contribution in [0.4, 0.5) is 4.79 Å². The second-order valence-electron chi connectivity index (χ2n) is 4.93. The van der Waals surface area contributed by atoms with Crippen LogP contribution in [0.2, 0.25) is 0 Å². The molecule has 0 saturated carbocycles. The zero-order valence-electron chi connectivity index (χ0n) is 13.4. The average Bonchev–Trinajstić information content (AvgIpc) is 2.94. The van der Waals surface area contributed by atoms with Gasteiger partial charge in [-0.1, -0.05) is 6.07 Å². The number of hydrogen-bond acceptors (Lipinski definition) is 8. The van der Waals surface area contributed by atoms with E-state index in [4.69, 9.17) is 19.3 Å². The molecular weight excluding hydrogens is 338 g/mol. The number of ether oxygens (including phenoxy) is 4. The van der Waals surface area contributed by atoms with Gasteiger partial charge in [-0.25, -0.2) is 4.79 Å². The second-order valence-corrected chi connectivity index (χ2v) is 4.93. The predicted molar refractivity (Wildman–Crippen MR) is 78.9 cm³/mol. The van der Waals surface area contributed by atoms with Crippen LogP contribution in [-0.2, 0) is 19.1 Å². The lowest BCUT2D eigenvalue weighted by atomic mass is 10.1. The lowest BCUT2D eigenvalue weighted by molar-refractivity contribution is -0.134. The van der Waals surface area contributed by atoms with E-state index in [0.29, 0.717) is 0 Å². The molecule has 0 aromatic heterocycles. The predicted octanol–water partition coefficient (Wildman–Crippen LogP) is 0.988. The van der Waals surface area contributed by atoms with Crippen LogP contribution in [0, 0.1) is 0 Å². The zero-order chi connectivity index (χ0) is 18.6. The molecule has 1 aliphatic rings. The highest BCUT2D eigenvalue weighted by Crippen LogP contribution is 2.33. The monoisotopic (exact) mass is 353 g/mol. The Morgan fingerprint density at radius 2 is 1.84 bits per heavy atom. The Labute approximate surface area is 141 Å². The maximum Gasteiger partial charge on any atom is 0.507 e. The van der Waals surface area contributed by atoms with Crippen LogP contribution in [0.25, 0.3) is 0 Å². The first-order valence-corrected chi connectivity index (χ1v) is 7.07. The van der Waals surface area contributed by atoms with E-state index in [0.717, 1.165) is 18.7 Å². The van der Waals surface area contributed by atoms with Gasteiger partial charge < -0.3 is 24.1 Å². The number of nitrogens with zero attached hydrogens (tertiary/aromatic N) is 1. The highest BCUT2D eigenvalue weighted by atomic mass is 16.7. The van der Waals surface area contributed by atoms with Gasteiger partial charge in [-0.15, -0.1) is 0 Å². The summed E-state index contributed by atoms with van der Waals surface area (Å²) in [5.41, 5.74) is -0.113. The second kappa shape index (κ2) is 7.62. The van der Waals surface area contributed by atoms with E-state index in [1.54, 1.807) is 0 Å². The molecule has 0 unspecified atom stereocenters. The molecule has 1 heterocycles. The fourth-order valence-electron chi connectivity index (χ4n) is 2.15. The first kappa shape index (κ1) is 18.2. The number of carboxylic acid groups (broad SMARTS) is 1. The molecule has 1 aliphatic heterocycles. The largest absolute Gasteiger partial charge is 0.507 e. The summed E-state index contributed by atoms with van der Waals surface area (Å²) in [6, 6.07) is 4.11. The van der Waals surface area contributed by atoms with E-state index >= 15 is 0 Å². The van der Waals surface area contributed by atoms with E-state index in [9.17, 15) is 19.2 Å². The van der Waals surface area contributed by atoms with Crippen LogP contribution in [0.1, 0.15) is 24.2 Å². The Hall–Kier alpha value is -3.14. The van der Waals surface area contributed by atoms with E-state index in [-0.39, 0.29) is 30.4 Å². The van der Waals surface area contributed by atoms with Crippen molar-refractivity contribution in [2.45, 2.75) is 20.1 Å². The Kier molecular flexibility index (Phi) is 5.55. The Balaban J connectivity index is 2.39. The van der Waals surface area contributed by atoms with Gasteiger partial charge in [0.1, 0.15) is 13.3 Å². The van der Waals surface area contributed by atoms with Gasteiger partial charge in [0.15, 0.2) is 11.5 Å². The lowest BCUT2D eigenvalue weighted by Gasteiger charge is -2.22. The van der Waals surface area contributed by atoms with Gasteiger partial charge in [0.05, 0.1) is 5.56 Å². The van der Waals surface area contributed by atoms with Crippen molar-refractivity contribution >= 4 is 24.0 Å². The van der Waals surface area contributed by atoms with Crippen LogP contribution in [0.15, 0.2) is 18.2 Å².